The van der Waals surface area contributed by atoms with Crippen molar-refractivity contribution in [1.29, 1.82) is 0 Å². The standard InChI is InChI=1S/C15H18N4O/c1-10-3-2-4-11(7-10)18-14(15(16)20)13-8-17-9-19(13)12-5-6-12/h2-4,7-9,12,14,18H,5-6H2,1H3,(H2,16,20). The minimum absolute atomic E-state index is 0.395. The molecule has 3 N–H and O–H groups in total. The summed E-state index contributed by atoms with van der Waals surface area (Å²) in [5, 5.41) is 3.21. The van der Waals surface area contributed by atoms with E-state index in [-0.39, 0.29) is 0 Å². The second-order valence-electron chi connectivity index (χ2n) is 5.31. The number of carbonyl (C=O) groups excluding carboxylic acids is 1. The van der Waals surface area contributed by atoms with E-state index in [4.69, 9.17) is 5.73 Å². The number of nitrogens with two attached hydrogens (primary N) is 1. The van der Waals surface area contributed by atoms with Crippen LogP contribution >= 0.6 is 0 Å². The van der Waals surface area contributed by atoms with Crippen LogP contribution in [0.3, 0.4) is 0 Å². The molecule has 0 bridgehead atoms. The molecule has 1 unspecified atom stereocenters. The van der Waals surface area contributed by atoms with Gasteiger partial charge < -0.3 is 15.6 Å². The zero-order valence-electron chi connectivity index (χ0n) is 11.4. The molecule has 5 heteroatoms. The number of aryl methyl sites for hydroxylation is 1. The quantitative estimate of drug-likeness (QED) is 0.874. The smallest absolute Gasteiger partial charge is 0.246 e. The molecule has 1 aliphatic carbocycles. The molecule has 1 aromatic heterocycles. The van der Waals surface area contributed by atoms with Crippen molar-refractivity contribution < 1.29 is 4.79 Å². The lowest BCUT2D eigenvalue weighted by Crippen LogP contribution is -2.29. The summed E-state index contributed by atoms with van der Waals surface area (Å²) in [6.07, 6.45) is 5.77. The Morgan fingerprint density at radius 1 is 1.50 bits per heavy atom. The van der Waals surface area contributed by atoms with E-state index in [1.54, 1.807) is 12.5 Å². The molecule has 104 valence electrons. The maximum absolute atomic E-state index is 11.8. The average molecular weight is 270 g/mol. The number of rotatable bonds is 5. The SMILES string of the molecule is Cc1cccc(NC(C(N)=O)c2cncn2C2CC2)c1. The first-order valence-electron chi connectivity index (χ1n) is 6.79. The van der Waals surface area contributed by atoms with E-state index in [0.717, 1.165) is 29.8 Å². The Labute approximate surface area is 117 Å². The number of imidazole rings is 1. The van der Waals surface area contributed by atoms with Gasteiger partial charge in [0, 0.05) is 11.7 Å². The summed E-state index contributed by atoms with van der Waals surface area (Å²) in [5.74, 6) is -0.395. The number of primary amides is 1. The lowest BCUT2D eigenvalue weighted by molar-refractivity contribution is -0.119. The second kappa shape index (κ2) is 5.00. The van der Waals surface area contributed by atoms with E-state index < -0.39 is 11.9 Å². The highest BCUT2D eigenvalue weighted by Gasteiger charge is 2.30. The van der Waals surface area contributed by atoms with Crippen LogP contribution in [0, 0.1) is 6.92 Å². The van der Waals surface area contributed by atoms with Crippen molar-refractivity contribution in [2.75, 3.05) is 5.32 Å². The molecule has 1 saturated carbocycles. The van der Waals surface area contributed by atoms with Gasteiger partial charge in [0.2, 0.25) is 5.91 Å². The highest BCUT2D eigenvalue weighted by atomic mass is 16.1. The average Bonchev–Trinajstić information content (AvgIpc) is 3.14. The summed E-state index contributed by atoms with van der Waals surface area (Å²) in [4.78, 5) is 16.0. The number of benzene rings is 1. The van der Waals surface area contributed by atoms with Crippen molar-refractivity contribution in [1.82, 2.24) is 9.55 Å². The number of nitrogens with zero attached hydrogens (tertiary/aromatic N) is 2. The van der Waals surface area contributed by atoms with Gasteiger partial charge >= 0.3 is 0 Å². The van der Waals surface area contributed by atoms with E-state index >= 15 is 0 Å². The van der Waals surface area contributed by atoms with E-state index in [9.17, 15) is 4.79 Å². The Balaban J connectivity index is 1.89. The van der Waals surface area contributed by atoms with Crippen molar-refractivity contribution in [3.63, 3.8) is 0 Å². The Hall–Kier alpha value is -2.30. The maximum Gasteiger partial charge on any atom is 0.246 e. The molecule has 20 heavy (non-hydrogen) atoms. The van der Waals surface area contributed by atoms with Gasteiger partial charge in [-0.25, -0.2) is 4.98 Å². The Bertz CT molecular complexity index is 630. The molecule has 3 rings (SSSR count). The summed E-state index contributed by atoms with van der Waals surface area (Å²) >= 11 is 0. The normalized spacial score (nSPS) is 15.8. The maximum atomic E-state index is 11.8. The number of anilines is 1. The number of hydrogen-bond donors (Lipinski definition) is 2. The van der Waals surface area contributed by atoms with Gasteiger partial charge in [0.1, 0.15) is 6.04 Å². The lowest BCUT2D eigenvalue weighted by Gasteiger charge is -2.18. The van der Waals surface area contributed by atoms with Crippen LogP contribution in [-0.4, -0.2) is 15.5 Å². The molecular formula is C15H18N4O. The number of hydrogen-bond acceptors (Lipinski definition) is 3. The molecule has 1 atom stereocenters. The molecule has 1 heterocycles. The van der Waals surface area contributed by atoms with E-state index in [0.29, 0.717) is 6.04 Å². The van der Waals surface area contributed by atoms with Crippen LogP contribution in [0.2, 0.25) is 0 Å². The molecule has 1 fully saturated rings. The van der Waals surface area contributed by atoms with Crippen LogP contribution in [0.25, 0.3) is 0 Å². The number of carbonyl (C=O) groups is 1. The van der Waals surface area contributed by atoms with Gasteiger partial charge in [-0.1, -0.05) is 12.1 Å². The van der Waals surface area contributed by atoms with E-state index in [1.807, 2.05) is 31.2 Å². The van der Waals surface area contributed by atoms with Crippen molar-refractivity contribution in [2.24, 2.45) is 5.73 Å². The molecule has 0 radical (unpaired) electrons. The summed E-state index contributed by atoms with van der Waals surface area (Å²) in [5.41, 5.74) is 8.42. The van der Waals surface area contributed by atoms with Gasteiger partial charge in [-0.3, -0.25) is 4.79 Å². The minimum atomic E-state index is -0.556. The van der Waals surface area contributed by atoms with Gasteiger partial charge in [0.15, 0.2) is 0 Å². The predicted octanol–water partition coefficient (Wildman–Crippen LogP) is 2.16. The summed E-state index contributed by atoms with van der Waals surface area (Å²) in [6.45, 7) is 2.01. The Kier molecular flexibility index (Phi) is 3.18. The molecular weight excluding hydrogens is 252 g/mol. The zero-order valence-corrected chi connectivity index (χ0v) is 11.4. The van der Waals surface area contributed by atoms with Crippen LogP contribution in [0.4, 0.5) is 5.69 Å². The van der Waals surface area contributed by atoms with Crippen molar-refractivity contribution in [3.05, 3.63) is 48.0 Å². The minimum Gasteiger partial charge on any atom is -0.369 e. The van der Waals surface area contributed by atoms with Gasteiger partial charge in [-0.2, -0.15) is 0 Å². The zero-order chi connectivity index (χ0) is 14.1. The fraction of sp³-hybridized carbons (Fsp3) is 0.333. The fourth-order valence-electron chi connectivity index (χ4n) is 2.39. The van der Waals surface area contributed by atoms with Gasteiger partial charge in [-0.05, 0) is 37.5 Å². The third kappa shape index (κ3) is 2.52. The molecule has 1 aliphatic rings. The van der Waals surface area contributed by atoms with Crippen LogP contribution in [0.15, 0.2) is 36.8 Å². The van der Waals surface area contributed by atoms with E-state index in [2.05, 4.69) is 14.9 Å². The summed E-state index contributed by atoms with van der Waals surface area (Å²) < 4.78 is 2.05. The van der Waals surface area contributed by atoms with Crippen molar-refractivity contribution in [3.8, 4) is 0 Å². The fourth-order valence-corrected chi connectivity index (χ4v) is 2.39. The van der Waals surface area contributed by atoms with Gasteiger partial charge in [-0.15, -0.1) is 0 Å². The summed E-state index contributed by atoms with van der Waals surface area (Å²) in [6, 6.07) is 7.80. The van der Waals surface area contributed by atoms with Crippen LogP contribution in [0.5, 0.6) is 0 Å². The largest absolute Gasteiger partial charge is 0.369 e. The Morgan fingerprint density at radius 2 is 2.30 bits per heavy atom. The summed E-state index contributed by atoms with van der Waals surface area (Å²) in [7, 11) is 0. The first-order chi connectivity index (χ1) is 9.65. The molecule has 5 nitrogen and oxygen atoms in total. The first-order valence-corrected chi connectivity index (χ1v) is 6.79. The van der Waals surface area contributed by atoms with Crippen LogP contribution < -0.4 is 11.1 Å². The number of amides is 1. The lowest BCUT2D eigenvalue weighted by atomic mass is 10.1. The van der Waals surface area contributed by atoms with Crippen LogP contribution in [0.1, 0.15) is 36.2 Å². The molecule has 2 aromatic rings. The van der Waals surface area contributed by atoms with Crippen LogP contribution in [-0.2, 0) is 4.79 Å². The number of aromatic nitrogens is 2. The molecule has 1 amide bonds. The van der Waals surface area contributed by atoms with Gasteiger partial charge in [0.05, 0.1) is 18.2 Å². The molecule has 0 saturated heterocycles. The van der Waals surface area contributed by atoms with E-state index in [1.165, 1.54) is 0 Å². The third-order valence-corrected chi connectivity index (χ3v) is 3.55. The highest BCUT2D eigenvalue weighted by Crippen LogP contribution is 2.37. The molecule has 0 aliphatic heterocycles. The van der Waals surface area contributed by atoms with Crippen molar-refractivity contribution in [2.45, 2.75) is 31.8 Å². The highest BCUT2D eigenvalue weighted by molar-refractivity contribution is 5.84. The Morgan fingerprint density at radius 3 is 2.95 bits per heavy atom. The third-order valence-electron chi connectivity index (χ3n) is 3.55. The van der Waals surface area contributed by atoms with Gasteiger partial charge in [0.25, 0.3) is 0 Å². The topological polar surface area (TPSA) is 72.9 Å². The molecule has 0 spiro atoms. The first kappa shape index (κ1) is 12.7. The second-order valence-corrected chi connectivity index (χ2v) is 5.31. The number of nitrogens with one attached hydrogen (secondary N) is 1. The molecule has 1 aromatic carbocycles. The van der Waals surface area contributed by atoms with Crippen molar-refractivity contribution >= 4 is 11.6 Å². The predicted molar refractivity (Wildman–Crippen MR) is 77.2 cm³/mol. The monoisotopic (exact) mass is 270 g/mol.